The zero-order valence-corrected chi connectivity index (χ0v) is 35.3. The molecule has 0 saturated carbocycles. The highest BCUT2D eigenvalue weighted by Crippen LogP contribution is 2.56. The first kappa shape index (κ1) is 37.0. The molecule has 0 amide bonds. The van der Waals surface area contributed by atoms with Crippen molar-refractivity contribution >= 4 is 48.6 Å². The van der Waals surface area contributed by atoms with Crippen molar-refractivity contribution < 1.29 is 0 Å². The largest absolute Gasteiger partial charge is 0.310 e. The standard InChI is InChI=1S/C61H41NS/c1-4-17-47(18-5-1)61(48-19-6-2-7-20-48)57-28-12-10-24-53(57)56-41-46(36-39-58(56)61)43-32-30-42(31-33-43)45-16-14-23-51(40-45)62(49-21-8-3-9-22-49)50-37-34-44(35-38-50)52-26-15-27-55-54-25-11-13-29-59(54)63-60(52)55/h1-41H. The lowest BCUT2D eigenvalue weighted by Gasteiger charge is -2.33. The molecule has 0 fully saturated rings. The van der Waals surface area contributed by atoms with Gasteiger partial charge in [0.2, 0.25) is 0 Å². The summed E-state index contributed by atoms with van der Waals surface area (Å²) in [5.74, 6) is 0. The van der Waals surface area contributed by atoms with E-state index >= 15 is 0 Å². The molecule has 0 saturated heterocycles. The van der Waals surface area contributed by atoms with Crippen LogP contribution in [0.2, 0.25) is 0 Å². The van der Waals surface area contributed by atoms with Crippen molar-refractivity contribution in [2.75, 3.05) is 4.90 Å². The molecule has 2 heteroatoms. The first-order chi connectivity index (χ1) is 31.2. The molecule has 0 bridgehead atoms. The van der Waals surface area contributed by atoms with Gasteiger partial charge in [0.1, 0.15) is 0 Å². The minimum Gasteiger partial charge on any atom is -0.310 e. The Hall–Kier alpha value is -7.78. The predicted octanol–water partition coefficient (Wildman–Crippen LogP) is 16.9. The number of thiophene rings is 1. The molecule has 1 heterocycles. The van der Waals surface area contributed by atoms with Crippen molar-refractivity contribution in [2.24, 2.45) is 0 Å². The highest BCUT2D eigenvalue weighted by Gasteiger charge is 2.45. The van der Waals surface area contributed by atoms with Crippen molar-refractivity contribution in [3.63, 3.8) is 0 Å². The van der Waals surface area contributed by atoms with Crippen LogP contribution in [-0.4, -0.2) is 0 Å². The first-order valence-electron chi connectivity index (χ1n) is 21.7. The Labute approximate surface area is 372 Å². The van der Waals surface area contributed by atoms with Crippen LogP contribution in [0.15, 0.2) is 249 Å². The number of hydrogen-bond donors (Lipinski definition) is 0. The van der Waals surface area contributed by atoms with Crippen LogP contribution in [0.5, 0.6) is 0 Å². The number of para-hydroxylation sites is 1. The molecule has 63 heavy (non-hydrogen) atoms. The zero-order valence-electron chi connectivity index (χ0n) is 34.5. The van der Waals surface area contributed by atoms with Gasteiger partial charge in [-0.15, -0.1) is 11.3 Å². The third-order valence-electron chi connectivity index (χ3n) is 13.0. The van der Waals surface area contributed by atoms with Gasteiger partial charge >= 0.3 is 0 Å². The highest BCUT2D eigenvalue weighted by atomic mass is 32.1. The topological polar surface area (TPSA) is 3.24 Å². The van der Waals surface area contributed by atoms with Crippen LogP contribution in [0.25, 0.3) is 64.7 Å². The Morgan fingerprint density at radius 2 is 0.810 bits per heavy atom. The summed E-state index contributed by atoms with van der Waals surface area (Å²) >= 11 is 1.88. The van der Waals surface area contributed by atoms with Gasteiger partial charge < -0.3 is 4.90 Å². The summed E-state index contributed by atoms with van der Waals surface area (Å²) < 4.78 is 2.66. The normalized spacial score (nSPS) is 12.6. The quantitative estimate of drug-likeness (QED) is 0.148. The Balaban J connectivity index is 0.885. The van der Waals surface area contributed by atoms with Crippen molar-refractivity contribution in [3.05, 3.63) is 271 Å². The van der Waals surface area contributed by atoms with Crippen LogP contribution >= 0.6 is 11.3 Å². The summed E-state index contributed by atoms with van der Waals surface area (Å²) in [7, 11) is 0. The summed E-state index contributed by atoms with van der Waals surface area (Å²) in [4.78, 5) is 2.36. The lowest BCUT2D eigenvalue weighted by molar-refractivity contribution is 0.768. The monoisotopic (exact) mass is 819 g/mol. The molecule has 11 aromatic rings. The summed E-state index contributed by atoms with van der Waals surface area (Å²) in [6, 6.07) is 91.2. The summed E-state index contributed by atoms with van der Waals surface area (Å²) in [6.45, 7) is 0. The fourth-order valence-corrected chi connectivity index (χ4v) is 11.3. The van der Waals surface area contributed by atoms with Gasteiger partial charge in [0.25, 0.3) is 0 Å². The fourth-order valence-electron chi connectivity index (χ4n) is 10.1. The molecule has 0 atom stereocenters. The van der Waals surface area contributed by atoms with Crippen molar-refractivity contribution in [1.29, 1.82) is 0 Å². The molecule has 1 aliphatic rings. The number of rotatable bonds is 8. The lowest BCUT2D eigenvalue weighted by Crippen LogP contribution is -2.28. The van der Waals surface area contributed by atoms with Crippen LogP contribution in [0, 0.1) is 0 Å². The average molecular weight is 820 g/mol. The molecule has 0 spiro atoms. The van der Waals surface area contributed by atoms with Gasteiger partial charge in [-0.25, -0.2) is 0 Å². The molecule has 0 aliphatic heterocycles. The predicted molar refractivity (Wildman–Crippen MR) is 268 cm³/mol. The van der Waals surface area contributed by atoms with Crippen molar-refractivity contribution in [3.8, 4) is 44.5 Å². The summed E-state index contributed by atoms with van der Waals surface area (Å²) in [6.07, 6.45) is 0. The second-order valence-electron chi connectivity index (χ2n) is 16.4. The smallest absolute Gasteiger partial charge is 0.0713 e. The van der Waals surface area contributed by atoms with E-state index in [4.69, 9.17) is 0 Å². The molecule has 0 unspecified atom stereocenters. The maximum absolute atomic E-state index is 2.41. The van der Waals surface area contributed by atoms with Gasteiger partial charge in [-0.3, -0.25) is 0 Å². The van der Waals surface area contributed by atoms with Gasteiger partial charge in [0.15, 0.2) is 0 Å². The molecule has 1 nitrogen and oxygen atoms in total. The minimum atomic E-state index is -0.397. The second kappa shape index (κ2) is 15.3. The Morgan fingerprint density at radius 3 is 1.54 bits per heavy atom. The SMILES string of the molecule is c1ccc(N(c2ccc(-c3cccc4c3sc3ccccc34)cc2)c2cccc(-c3ccc(-c4ccc5c(c4)-c4ccccc4C5(c4ccccc4)c4ccccc4)cc3)c2)cc1. The van der Waals surface area contributed by atoms with E-state index in [-0.39, 0.29) is 0 Å². The minimum absolute atomic E-state index is 0.397. The molecule has 1 aromatic heterocycles. The van der Waals surface area contributed by atoms with E-state index < -0.39 is 5.41 Å². The fraction of sp³-hybridized carbons (Fsp3) is 0.0164. The van der Waals surface area contributed by atoms with Gasteiger partial charge in [0.05, 0.1) is 5.41 Å². The molecule has 0 radical (unpaired) electrons. The highest BCUT2D eigenvalue weighted by molar-refractivity contribution is 7.26. The molecular weight excluding hydrogens is 779 g/mol. The van der Waals surface area contributed by atoms with Crippen molar-refractivity contribution in [1.82, 2.24) is 0 Å². The van der Waals surface area contributed by atoms with Gasteiger partial charge in [-0.05, 0) is 115 Å². The number of hydrogen-bond acceptors (Lipinski definition) is 2. The van der Waals surface area contributed by atoms with E-state index in [1.807, 2.05) is 11.3 Å². The molecular formula is C61H41NS. The number of fused-ring (bicyclic) bond motifs is 6. The maximum atomic E-state index is 2.41. The summed E-state index contributed by atoms with van der Waals surface area (Å²) in [5.41, 5.74) is 18.0. The van der Waals surface area contributed by atoms with Gasteiger partial charge in [-0.1, -0.05) is 200 Å². The lowest BCUT2D eigenvalue weighted by atomic mass is 9.67. The van der Waals surface area contributed by atoms with E-state index in [2.05, 4.69) is 254 Å². The Morgan fingerprint density at radius 1 is 0.302 bits per heavy atom. The third-order valence-corrected chi connectivity index (χ3v) is 14.2. The van der Waals surface area contributed by atoms with E-state index in [9.17, 15) is 0 Å². The molecule has 12 rings (SSSR count). The second-order valence-corrected chi connectivity index (χ2v) is 17.5. The van der Waals surface area contributed by atoms with Gasteiger partial charge in [0, 0.05) is 37.2 Å². The molecule has 1 aliphatic carbocycles. The van der Waals surface area contributed by atoms with Crippen LogP contribution in [-0.2, 0) is 5.41 Å². The number of anilines is 3. The summed E-state index contributed by atoms with van der Waals surface area (Å²) in [5, 5.41) is 2.64. The van der Waals surface area contributed by atoms with E-state index in [0.29, 0.717) is 0 Å². The van der Waals surface area contributed by atoms with E-state index in [0.717, 1.165) is 17.1 Å². The van der Waals surface area contributed by atoms with E-state index in [1.54, 1.807) is 0 Å². The Bertz CT molecular complexity index is 3380. The maximum Gasteiger partial charge on any atom is 0.0713 e. The molecule has 0 N–H and O–H groups in total. The number of benzene rings is 10. The van der Waals surface area contributed by atoms with Crippen LogP contribution < -0.4 is 4.90 Å². The molecule has 10 aromatic carbocycles. The van der Waals surface area contributed by atoms with Crippen LogP contribution in [0.4, 0.5) is 17.1 Å². The van der Waals surface area contributed by atoms with Crippen LogP contribution in [0.3, 0.4) is 0 Å². The van der Waals surface area contributed by atoms with Crippen molar-refractivity contribution in [2.45, 2.75) is 5.41 Å². The zero-order chi connectivity index (χ0) is 41.7. The van der Waals surface area contributed by atoms with Gasteiger partial charge in [-0.2, -0.15) is 0 Å². The first-order valence-corrected chi connectivity index (χ1v) is 22.5. The molecule has 296 valence electrons. The average Bonchev–Trinajstić information content (AvgIpc) is 3.89. The van der Waals surface area contributed by atoms with E-state index in [1.165, 1.54) is 86.9 Å². The third kappa shape index (κ3) is 6.14. The van der Waals surface area contributed by atoms with Crippen LogP contribution in [0.1, 0.15) is 22.3 Å². The Kier molecular flexibility index (Phi) is 8.98. The number of nitrogens with zero attached hydrogens (tertiary/aromatic N) is 1.